The molecule has 6 nitrogen and oxygen atoms in total. The number of anilines is 1. The molecular formula is C18H20N2O4. The molecule has 24 heavy (non-hydrogen) atoms. The minimum absolute atomic E-state index is 0.225. The van der Waals surface area contributed by atoms with Crippen LogP contribution in [0.15, 0.2) is 47.4 Å². The monoisotopic (exact) mass is 328 g/mol. The number of hydrogen-bond donors (Lipinski definition) is 1. The van der Waals surface area contributed by atoms with Crippen molar-refractivity contribution in [2.24, 2.45) is 0 Å². The molecule has 2 aromatic rings. The minimum Gasteiger partial charge on any atom is -0.454 e. The van der Waals surface area contributed by atoms with Crippen LogP contribution in [0.5, 0.6) is 0 Å². The maximum Gasteiger partial charge on any atom is 0.326 e. The molecule has 1 heterocycles. The van der Waals surface area contributed by atoms with E-state index in [-0.39, 0.29) is 12.1 Å². The molecule has 0 fully saturated rings. The van der Waals surface area contributed by atoms with Gasteiger partial charge in [-0.1, -0.05) is 31.2 Å². The molecule has 0 aliphatic heterocycles. The summed E-state index contributed by atoms with van der Waals surface area (Å²) in [4.78, 5) is 35.3. The lowest BCUT2D eigenvalue weighted by Crippen LogP contribution is -2.27. The van der Waals surface area contributed by atoms with E-state index in [2.05, 4.69) is 5.32 Å². The van der Waals surface area contributed by atoms with Crippen LogP contribution < -0.4 is 10.9 Å². The van der Waals surface area contributed by atoms with Crippen LogP contribution in [0.4, 0.5) is 5.69 Å². The van der Waals surface area contributed by atoms with Gasteiger partial charge in [0, 0.05) is 18.0 Å². The second-order valence-corrected chi connectivity index (χ2v) is 5.34. The van der Waals surface area contributed by atoms with Crippen LogP contribution in [-0.2, 0) is 27.3 Å². The number of carbonyl (C=O) groups excluding carboxylic acids is 2. The number of aromatic nitrogens is 1. The maximum absolute atomic E-state index is 12.0. The van der Waals surface area contributed by atoms with Gasteiger partial charge in [-0.3, -0.25) is 14.4 Å². The van der Waals surface area contributed by atoms with E-state index in [0.717, 1.165) is 23.2 Å². The number of hydrogen-bond acceptors (Lipinski definition) is 4. The molecule has 0 aliphatic rings. The Kier molecular flexibility index (Phi) is 5.89. The Balaban J connectivity index is 1.91. The Morgan fingerprint density at radius 3 is 2.67 bits per heavy atom. The lowest BCUT2D eigenvalue weighted by molar-refractivity contribution is -0.147. The largest absolute Gasteiger partial charge is 0.454 e. The molecule has 1 aromatic carbocycles. The summed E-state index contributed by atoms with van der Waals surface area (Å²) < 4.78 is 6.16. The van der Waals surface area contributed by atoms with Crippen LogP contribution in [0.25, 0.3) is 0 Å². The molecule has 1 N–H and O–H groups in total. The van der Waals surface area contributed by atoms with Crippen molar-refractivity contribution in [1.82, 2.24) is 4.57 Å². The van der Waals surface area contributed by atoms with Crippen LogP contribution in [0.2, 0.25) is 0 Å². The van der Waals surface area contributed by atoms with Crippen molar-refractivity contribution >= 4 is 17.6 Å². The third kappa shape index (κ3) is 4.55. The maximum atomic E-state index is 12.0. The zero-order valence-corrected chi connectivity index (χ0v) is 13.7. The molecule has 0 spiro atoms. The van der Waals surface area contributed by atoms with Crippen molar-refractivity contribution in [2.75, 3.05) is 11.9 Å². The van der Waals surface area contributed by atoms with Gasteiger partial charge in [0.05, 0.1) is 0 Å². The van der Waals surface area contributed by atoms with Crippen molar-refractivity contribution in [3.8, 4) is 0 Å². The van der Waals surface area contributed by atoms with Gasteiger partial charge in [0.2, 0.25) is 0 Å². The molecule has 1 aromatic heterocycles. The highest BCUT2D eigenvalue weighted by Gasteiger charge is 2.12. The lowest BCUT2D eigenvalue weighted by Gasteiger charge is -2.13. The standard InChI is InChI=1S/C18H20N2O4/c1-3-14-8-6-7-13(2)18(14)19-15(21)12-24-17(23)11-20-10-5-4-9-16(20)22/h4-10H,3,11-12H2,1-2H3,(H,19,21). The van der Waals surface area contributed by atoms with E-state index >= 15 is 0 Å². The predicted molar refractivity (Wildman–Crippen MR) is 90.8 cm³/mol. The van der Waals surface area contributed by atoms with E-state index in [1.54, 1.807) is 12.1 Å². The highest BCUT2D eigenvalue weighted by atomic mass is 16.5. The molecule has 0 aliphatic carbocycles. The molecule has 0 saturated heterocycles. The summed E-state index contributed by atoms with van der Waals surface area (Å²) in [7, 11) is 0. The highest BCUT2D eigenvalue weighted by Crippen LogP contribution is 2.20. The van der Waals surface area contributed by atoms with E-state index in [1.807, 2.05) is 32.0 Å². The zero-order valence-electron chi connectivity index (χ0n) is 13.7. The smallest absolute Gasteiger partial charge is 0.326 e. The number of nitrogens with zero attached hydrogens (tertiary/aromatic N) is 1. The number of ether oxygens (including phenoxy) is 1. The molecular weight excluding hydrogens is 308 g/mol. The summed E-state index contributed by atoms with van der Waals surface area (Å²) >= 11 is 0. The molecule has 126 valence electrons. The summed E-state index contributed by atoms with van der Waals surface area (Å²) in [5.74, 6) is -1.05. The van der Waals surface area contributed by atoms with Crippen LogP contribution in [0, 0.1) is 6.92 Å². The third-order valence-corrected chi connectivity index (χ3v) is 3.57. The highest BCUT2D eigenvalue weighted by molar-refractivity contribution is 5.94. The van der Waals surface area contributed by atoms with Crippen LogP contribution in [0.1, 0.15) is 18.1 Å². The van der Waals surface area contributed by atoms with Gasteiger partial charge in [0.15, 0.2) is 6.61 Å². The molecule has 0 unspecified atom stereocenters. The molecule has 1 amide bonds. The lowest BCUT2D eigenvalue weighted by atomic mass is 10.1. The van der Waals surface area contributed by atoms with Crippen molar-refractivity contribution < 1.29 is 14.3 Å². The number of nitrogens with one attached hydrogen (secondary N) is 1. The fourth-order valence-electron chi connectivity index (χ4n) is 2.30. The molecule has 2 rings (SSSR count). The molecule has 0 bridgehead atoms. The van der Waals surface area contributed by atoms with E-state index in [0.29, 0.717) is 0 Å². The second kappa shape index (κ2) is 8.10. The van der Waals surface area contributed by atoms with Crippen LogP contribution in [-0.4, -0.2) is 23.1 Å². The third-order valence-electron chi connectivity index (χ3n) is 3.57. The van der Waals surface area contributed by atoms with Gasteiger partial charge < -0.3 is 14.6 Å². The van der Waals surface area contributed by atoms with Crippen molar-refractivity contribution in [2.45, 2.75) is 26.8 Å². The Morgan fingerprint density at radius 1 is 1.17 bits per heavy atom. The Morgan fingerprint density at radius 2 is 1.96 bits per heavy atom. The fourth-order valence-corrected chi connectivity index (χ4v) is 2.30. The van der Waals surface area contributed by atoms with Crippen molar-refractivity contribution in [1.29, 1.82) is 0 Å². The predicted octanol–water partition coefficient (Wildman–Crippen LogP) is 1.90. The van der Waals surface area contributed by atoms with Gasteiger partial charge >= 0.3 is 5.97 Å². The SMILES string of the molecule is CCc1cccc(C)c1NC(=O)COC(=O)Cn1ccccc1=O. The van der Waals surface area contributed by atoms with Gasteiger partial charge in [0.1, 0.15) is 6.54 Å². The summed E-state index contributed by atoms with van der Waals surface area (Å²) in [6.45, 7) is 3.29. The number of benzene rings is 1. The molecule has 0 atom stereocenters. The number of amides is 1. The van der Waals surface area contributed by atoms with Crippen LogP contribution >= 0.6 is 0 Å². The zero-order chi connectivity index (χ0) is 17.5. The summed E-state index contributed by atoms with van der Waals surface area (Å²) in [6, 6.07) is 10.4. The average molecular weight is 328 g/mol. The second-order valence-electron chi connectivity index (χ2n) is 5.34. The van der Waals surface area contributed by atoms with E-state index in [9.17, 15) is 14.4 Å². The number of carbonyl (C=O) groups is 2. The first-order chi connectivity index (χ1) is 11.5. The van der Waals surface area contributed by atoms with E-state index < -0.39 is 18.5 Å². The topological polar surface area (TPSA) is 77.4 Å². The van der Waals surface area contributed by atoms with E-state index in [1.165, 1.54) is 16.8 Å². The summed E-state index contributed by atoms with van der Waals surface area (Å²) in [5.41, 5.74) is 2.42. The molecule has 0 radical (unpaired) electrons. The summed E-state index contributed by atoms with van der Waals surface area (Å²) in [5, 5.41) is 2.78. The first-order valence-corrected chi connectivity index (χ1v) is 7.70. The Labute approximate surface area is 140 Å². The number of rotatable bonds is 6. The first kappa shape index (κ1) is 17.5. The van der Waals surface area contributed by atoms with Gasteiger partial charge in [-0.2, -0.15) is 0 Å². The average Bonchev–Trinajstić information content (AvgIpc) is 2.57. The van der Waals surface area contributed by atoms with E-state index in [4.69, 9.17) is 4.74 Å². The number of para-hydroxylation sites is 1. The number of aryl methyl sites for hydroxylation is 2. The normalized spacial score (nSPS) is 10.2. The summed E-state index contributed by atoms with van der Waals surface area (Å²) in [6.07, 6.45) is 2.28. The van der Waals surface area contributed by atoms with Gasteiger partial charge in [-0.15, -0.1) is 0 Å². The van der Waals surface area contributed by atoms with Crippen molar-refractivity contribution in [3.05, 3.63) is 64.1 Å². The molecule has 0 saturated carbocycles. The number of pyridine rings is 1. The minimum atomic E-state index is -0.640. The van der Waals surface area contributed by atoms with Crippen molar-refractivity contribution in [3.63, 3.8) is 0 Å². The number of esters is 1. The Hall–Kier alpha value is -2.89. The quantitative estimate of drug-likeness (QED) is 0.822. The fraction of sp³-hybridized carbons (Fsp3) is 0.278. The Bertz CT molecular complexity index is 796. The first-order valence-electron chi connectivity index (χ1n) is 7.70. The van der Waals surface area contributed by atoms with Gasteiger partial charge in [-0.05, 0) is 30.5 Å². The van der Waals surface area contributed by atoms with Gasteiger partial charge in [0.25, 0.3) is 11.5 Å². The molecule has 6 heteroatoms. The van der Waals surface area contributed by atoms with Crippen LogP contribution in [0.3, 0.4) is 0 Å². The van der Waals surface area contributed by atoms with Gasteiger partial charge in [-0.25, -0.2) is 0 Å².